The molecule has 1 aromatic heterocycles. The van der Waals surface area contributed by atoms with Gasteiger partial charge < -0.3 is 5.73 Å². The van der Waals surface area contributed by atoms with Gasteiger partial charge in [-0.05, 0) is 24.6 Å². The maximum atomic E-state index is 13.6. The Kier molecular flexibility index (Phi) is 2.24. The zero-order valence-electron chi connectivity index (χ0n) is 6.96. The molecule has 0 radical (unpaired) electrons. The van der Waals surface area contributed by atoms with Crippen LogP contribution in [0.15, 0.2) is 17.6 Å². The lowest BCUT2D eigenvalue weighted by atomic mass is 10.1. The van der Waals surface area contributed by atoms with Crippen LogP contribution in [0.2, 0.25) is 0 Å². The predicted octanol–water partition coefficient (Wildman–Crippen LogP) is 1.94. The molecule has 0 spiro atoms. The first-order chi connectivity index (χ1) is 6.33. The summed E-state index contributed by atoms with van der Waals surface area (Å²) in [6.07, 6.45) is 0.569. The van der Waals surface area contributed by atoms with Gasteiger partial charge in [0.2, 0.25) is 0 Å². The Labute approximate surface area is 79.2 Å². The standard InChI is InChI=1S/C9H9FN2S/c10-8-6(3-4-11)1-2-7-9(8)12-5-13-7/h1-2,5H,3-4,11H2. The summed E-state index contributed by atoms with van der Waals surface area (Å²) in [6, 6.07) is 3.67. The van der Waals surface area contributed by atoms with Crippen molar-refractivity contribution in [3.63, 3.8) is 0 Å². The van der Waals surface area contributed by atoms with Crippen LogP contribution in [-0.2, 0) is 6.42 Å². The van der Waals surface area contributed by atoms with Gasteiger partial charge in [0, 0.05) is 0 Å². The Morgan fingerprint density at radius 1 is 1.46 bits per heavy atom. The number of thiazole rings is 1. The average molecular weight is 196 g/mol. The molecule has 1 heterocycles. The van der Waals surface area contributed by atoms with E-state index >= 15 is 0 Å². The highest BCUT2D eigenvalue weighted by Gasteiger charge is 2.08. The third kappa shape index (κ3) is 1.43. The van der Waals surface area contributed by atoms with Crippen molar-refractivity contribution in [3.05, 3.63) is 29.0 Å². The van der Waals surface area contributed by atoms with Crippen LogP contribution in [0, 0.1) is 5.82 Å². The molecule has 0 aliphatic carbocycles. The van der Waals surface area contributed by atoms with Gasteiger partial charge in [0.25, 0.3) is 0 Å². The lowest BCUT2D eigenvalue weighted by Crippen LogP contribution is -2.04. The van der Waals surface area contributed by atoms with E-state index in [9.17, 15) is 4.39 Å². The van der Waals surface area contributed by atoms with Crippen LogP contribution in [0.3, 0.4) is 0 Å². The molecule has 2 rings (SSSR count). The fourth-order valence-corrected chi connectivity index (χ4v) is 1.96. The number of aromatic nitrogens is 1. The third-order valence-electron chi connectivity index (χ3n) is 1.93. The first-order valence-corrected chi connectivity index (χ1v) is 4.91. The van der Waals surface area contributed by atoms with Gasteiger partial charge >= 0.3 is 0 Å². The zero-order chi connectivity index (χ0) is 9.26. The van der Waals surface area contributed by atoms with Crippen molar-refractivity contribution in [2.45, 2.75) is 6.42 Å². The molecule has 1 aromatic carbocycles. The van der Waals surface area contributed by atoms with E-state index in [4.69, 9.17) is 5.73 Å². The normalized spacial score (nSPS) is 10.9. The number of halogens is 1. The minimum atomic E-state index is -0.218. The second-order valence-electron chi connectivity index (χ2n) is 2.78. The van der Waals surface area contributed by atoms with E-state index < -0.39 is 0 Å². The highest BCUT2D eigenvalue weighted by molar-refractivity contribution is 7.16. The number of nitrogens with zero attached hydrogens (tertiary/aromatic N) is 1. The molecule has 0 saturated carbocycles. The van der Waals surface area contributed by atoms with Crippen molar-refractivity contribution in [3.8, 4) is 0 Å². The summed E-state index contributed by atoms with van der Waals surface area (Å²) in [5.41, 5.74) is 8.14. The van der Waals surface area contributed by atoms with Gasteiger partial charge in [-0.3, -0.25) is 0 Å². The number of fused-ring (bicyclic) bond motifs is 1. The van der Waals surface area contributed by atoms with Crippen molar-refractivity contribution < 1.29 is 4.39 Å². The molecule has 68 valence electrons. The van der Waals surface area contributed by atoms with Crippen molar-refractivity contribution in [2.75, 3.05) is 6.54 Å². The van der Waals surface area contributed by atoms with Gasteiger partial charge in [0.05, 0.1) is 10.2 Å². The van der Waals surface area contributed by atoms with E-state index in [1.54, 1.807) is 11.6 Å². The van der Waals surface area contributed by atoms with Crippen LogP contribution >= 0.6 is 11.3 Å². The molecule has 2 aromatic rings. The van der Waals surface area contributed by atoms with Crippen molar-refractivity contribution in [1.29, 1.82) is 0 Å². The molecule has 0 atom stereocenters. The molecule has 0 unspecified atom stereocenters. The monoisotopic (exact) mass is 196 g/mol. The Hall–Kier alpha value is -1.00. The minimum Gasteiger partial charge on any atom is -0.330 e. The van der Waals surface area contributed by atoms with Crippen LogP contribution in [-0.4, -0.2) is 11.5 Å². The van der Waals surface area contributed by atoms with Gasteiger partial charge in [-0.2, -0.15) is 0 Å². The molecule has 4 heteroatoms. The lowest BCUT2D eigenvalue weighted by Gasteiger charge is -2.00. The van der Waals surface area contributed by atoms with Gasteiger partial charge in [-0.1, -0.05) is 6.07 Å². The number of rotatable bonds is 2. The summed E-state index contributed by atoms with van der Waals surface area (Å²) in [5, 5.41) is 0. The number of benzene rings is 1. The molecule has 0 saturated heterocycles. The quantitative estimate of drug-likeness (QED) is 0.797. The zero-order valence-corrected chi connectivity index (χ0v) is 7.77. The molecule has 0 aliphatic rings. The van der Waals surface area contributed by atoms with E-state index in [-0.39, 0.29) is 5.82 Å². The first kappa shape index (κ1) is 8.59. The Morgan fingerprint density at radius 2 is 2.31 bits per heavy atom. The Balaban J connectivity index is 2.59. The van der Waals surface area contributed by atoms with E-state index in [2.05, 4.69) is 4.98 Å². The largest absolute Gasteiger partial charge is 0.330 e. The molecule has 0 fully saturated rings. The van der Waals surface area contributed by atoms with Gasteiger partial charge in [0.1, 0.15) is 5.52 Å². The van der Waals surface area contributed by atoms with Crippen molar-refractivity contribution >= 4 is 21.6 Å². The van der Waals surface area contributed by atoms with Gasteiger partial charge in [-0.15, -0.1) is 11.3 Å². The second kappa shape index (κ2) is 3.40. The van der Waals surface area contributed by atoms with Crippen LogP contribution in [0.25, 0.3) is 10.2 Å². The molecule has 2 nitrogen and oxygen atoms in total. The predicted molar refractivity (Wildman–Crippen MR) is 52.3 cm³/mol. The summed E-state index contributed by atoms with van der Waals surface area (Å²) >= 11 is 1.45. The van der Waals surface area contributed by atoms with E-state index in [0.717, 1.165) is 4.70 Å². The molecular formula is C9H9FN2S. The van der Waals surface area contributed by atoms with Crippen molar-refractivity contribution in [1.82, 2.24) is 4.98 Å². The number of hydrogen-bond acceptors (Lipinski definition) is 3. The second-order valence-corrected chi connectivity index (χ2v) is 3.66. The SMILES string of the molecule is NCCc1ccc2scnc2c1F. The smallest absolute Gasteiger partial charge is 0.153 e. The number of hydrogen-bond donors (Lipinski definition) is 1. The van der Waals surface area contributed by atoms with Crippen LogP contribution < -0.4 is 5.73 Å². The molecule has 0 bridgehead atoms. The maximum Gasteiger partial charge on any atom is 0.153 e. The van der Waals surface area contributed by atoms with Crippen LogP contribution in [0.4, 0.5) is 4.39 Å². The molecular weight excluding hydrogens is 187 g/mol. The molecule has 0 amide bonds. The molecule has 13 heavy (non-hydrogen) atoms. The van der Waals surface area contributed by atoms with Gasteiger partial charge in [0.15, 0.2) is 5.82 Å². The Morgan fingerprint density at radius 3 is 3.08 bits per heavy atom. The summed E-state index contributed by atoms with van der Waals surface area (Å²) in [6.45, 7) is 0.465. The Bertz CT molecular complexity index is 424. The van der Waals surface area contributed by atoms with E-state index in [1.165, 1.54) is 11.3 Å². The highest BCUT2D eigenvalue weighted by Crippen LogP contribution is 2.23. The molecule has 2 N–H and O–H groups in total. The minimum absolute atomic E-state index is 0.218. The van der Waals surface area contributed by atoms with Crippen LogP contribution in [0.1, 0.15) is 5.56 Å². The summed E-state index contributed by atoms with van der Waals surface area (Å²) < 4.78 is 14.5. The maximum absolute atomic E-state index is 13.6. The van der Waals surface area contributed by atoms with Crippen LogP contribution in [0.5, 0.6) is 0 Å². The summed E-state index contributed by atoms with van der Waals surface area (Å²) in [7, 11) is 0. The van der Waals surface area contributed by atoms with E-state index in [0.29, 0.717) is 24.0 Å². The fourth-order valence-electron chi connectivity index (χ4n) is 1.29. The first-order valence-electron chi connectivity index (χ1n) is 4.03. The van der Waals surface area contributed by atoms with E-state index in [1.807, 2.05) is 6.07 Å². The number of nitrogens with two attached hydrogens (primary N) is 1. The lowest BCUT2D eigenvalue weighted by molar-refractivity contribution is 0.619. The van der Waals surface area contributed by atoms with Crippen molar-refractivity contribution in [2.24, 2.45) is 5.73 Å². The average Bonchev–Trinajstić information content (AvgIpc) is 2.58. The summed E-state index contributed by atoms with van der Waals surface area (Å²) in [4.78, 5) is 3.96. The molecule has 0 aliphatic heterocycles. The third-order valence-corrected chi connectivity index (χ3v) is 2.73. The summed E-state index contributed by atoms with van der Waals surface area (Å²) in [5.74, 6) is -0.218. The van der Waals surface area contributed by atoms with Gasteiger partial charge in [-0.25, -0.2) is 9.37 Å². The topological polar surface area (TPSA) is 38.9 Å². The fraction of sp³-hybridized carbons (Fsp3) is 0.222. The highest BCUT2D eigenvalue weighted by atomic mass is 32.1.